The Bertz CT molecular complexity index is 953. The number of aliphatic carboxylic acids is 1. The molecule has 2 aromatic rings. The van der Waals surface area contributed by atoms with Gasteiger partial charge in [-0.2, -0.15) is 0 Å². The zero-order valence-corrected chi connectivity index (χ0v) is 16.0. The molecule has 0 unspecified atom stereocenters. The molecule has 2 N–H and O–H groups in total. The van der Waals surface area contributed by atoms with E-state index in [1.807, 2.05) is 19.1 Å². The molecule has 8 nitrogen and oxygen atoms in total. The lowest BCUT2D eigenvalue weighted by Crippen LogP contribution is -2.38. The maximum atomic E-state index is 12.1. The van der Waals surface area contributed by atoms with Crippen LogP contribution in [0, 0.1) is 6.92 Å². The molecule has 0 spiro atoms. The SMILES string of the molecule is C=CCN1C(=O)COc2ccc(-c3nc(NC(=O)CCC(=O)O)sc3C)cc21. The lowest BCUT2D eigenvalue weighted by atomic mass is 10.1. The minimum absolute atomic E-state index is 0.0115. The van der Waals surface area contributed by atoms with E-state index in [1.54, 1.807) is 17.0 Å². The normalized spacial score (nSPS) is 12.9. The van der Waals surface area contributed by atoms with Gasteiger partial charge in [0.1, 0.15) is 5.75 Å². The quantitative estimate of drug-likeness (QED) is 0.691. The molecule has 2 heterocycles. The molecule has 1 aliphatic heterocycles. The average molecular weight is 401 g/mol. The predicted octanol–water partition coefficient (Wildman–Crippen LogP) is 2.83. The van der Waals surface area contributed by atoms with Crippen LogP contribution in [0.2, 0.25) is 0 Å². The van der Waals surface area contributed by atoms with Crippen LogP contribution in [-0.2, 0) is 14.4 Å². The van der Waals surface area contributed by atoms with Crippen molar-refractivity contribution in [1.82, 2.24) is 4.98 Å². The van der Waals surface area contributed by atoms with Crippen molar-refractivity contribution in [2.75, 3.05) is 23.4 Å². The van der Waals surface area contributed by atoms with Gasteiger partial charge in [0.2, 0.25) is 5.91 Å². The number of carboxylic acid groups (broad SMARTS) is 1. The molecule has 3 rings (SSSR count). The van der Waals surface area contributed by atoms with E-state index in [1.165, 1.54) is 11.3 Å². The number of nitrogens with zero attached hydrogens (tertiary/aromatic N) is 2. The van der Waals surface area contributed by atoms with Crippen molar-refractivity contribution in [2.24, 2.45) is 0 Å². The Morgan fingerprint density at radius 1 is 1.43 bits per heavy atom. The molecule has 1 aliphatic rings. The maximum absolute atomic E-state index is 12.1. The summed E-state index contributed by atoms with van der Waals surface area (Å²) in [5, 5.41) is 11.7. The van der Waals surface area contributed by atoms with E-state index in [0.29, 0.717) is 28.8 Å². The van der Waals surface area contributed by atoms with E-state index in [9.17, 15) is 14.4 Å². The number of carbonyl (C=O) groups is 3. The van der Waals surface area contributed by atoms with Crippen molar-refractivity contribution in [3.63, 3.8) is 0 Å². The average Bonchev–Trinajstić information content (AvgIpc) is 3.02. The maximum Gasteiger partial charge on any atom is 0.303 e. The Morgan fingerprint density at radius 3 is 2.93 bits per heavy atom. The molecular weight excluding hydrogens is 382 g/mol. The van der Waals surface area contributed by atoms with Crippen molar-refractivity contribution < 1.29 is 24.2 Å². The standard InChI is InChI=1S/C19H19N3O5S/c1-3-8-22-13-9-12(4-5-14(13)27-10-16(22)24)18-11(2)28-19(21-18)20-15(23)6-7-17(25)26/h3-5,9H,1,6-8,10H2,2H3,(H,25,26)(H,20,21,23). The van der Waals surface area contributed by atoms with Gasteiger partial charge in [0, 0.05) is 23.4 Å². The van der Waals surface area contributed by atoms with Gasteiger partial charge in [-0.3, -0.25) is 14.4 Å². The van der Waals surface area contributed by atoms with Crippen molar-refractivity contribution >= 4 is 39.9 Å². The summed E-state index contributed by atoms with van der Waals surface area (Å²) in [5.41, 5.74) is 2.11. The number of thiazole rings is 1. The number of nitrogens with one attached hydrogen (secondary N) is 1. The highest BCUT2D eigenvalue weighted by Crippen LogP contribution is 2.38. The van der Waals surface area contributed by atoms with E-state index < -0.39 is 11.9 Å². The number of hydrogen-bond acceptors (Lipinski definition) is 6. The number of aromatic nitrogens is 1. The summed E-state index contributed by atoms with van der Waals surface area (Å²) >= 11 is 1.30. The largest absolute Gasteiger partial charge is 0.482 e. The van der Waals surface area contributed by atoms with Gasteiger partial charge in [-0.1, -0.05) is 6.08 Å². The van der Waals surface area contributed by atoms with Crippen LogP contribution in [0.4, 0.5) is 10.8 Å². The Labute approximate surface area is 165 Å². The first-order valence-electron chi connectivity index (χ1n) is 8.56. The summed E-state index contributed by atoms with van der Waals surface area (Å²) in [4.78, 5) is 41.5. The minimum Gasteiger partial charge on any atom is -0.482 e. The highest BCUT2D eigenvalue weighted by molar-refractivity contribution is 7.16. The number of fused-ring (bicyclic) bond motifs is 1. The summed E-state index contributed by atoms with van der Waals surface area (Å²) < 4.78 is 5.49. The molecule has 28 heavy (non-hydrogen) atoms. The van der Waals surface area contributed by atoms with E-state index in [0.717, 1.165) is 10.4 Å². The molecule has 1 aromatic carbocycles. The number of carbonyl (C=O) groups excluding carboxylic acids is 2. The van der Waals surface area contributed by atoms with Crippen molar-refractivity contribution in [3.8, 4) is 17.0 Å². The van der Waals surface area contributed by atoms with Crippen LogP contribution in [0.15, 0.2) is 30.9 Å². The number of benzene rings is 1. The van der Waals surface area contributed by atoms with E-state index >= 15 is 0 Å². The van der Waals surface area contributed by atoms with Gasteiger partial charge in [0.25, 0.3) is 5.91 Å². The summed E-state index contributed by atoms with van der Waals surface area (Å²) in [5.74, 6) is -0.962. The van der Waals surface area contributed by atoms with Crippen LogP contribution in [0.25, 0.3) is 11.3 Å². The molecule has 0 fully saturated rings. The van der Waals surface area contributed by atoms with Crippen molar-refractivity contribution in [3.05, 3.63) is 35.7 Å². The Morgan fingerprint density at radius 2 is 2.21 bits per heavy atom. The lowest BCUT2D eigenvalue weighted by Gasteiger charge is -2.28. The van der Waals surface area contributed by atoms with Gasteiger partial charge in [0.05, 0.1) is 17.8 Å². The number of aryl methyl sites for hydroxylation is 1. The molecule has 0 aliphatic carbocycles. The molecule has 1 aromatic heterocycles. The van der Waals surface area contributed by atoms with Crippen molar-refractivity contribution in [1.29, 1.82) is 0 Å². The second kappa shape index (κ2) is 8.22. The summed E-state index contributed by atoms with van der Waals surface area (Å²) in [7, 11) is 0. The zero-order chi connectivity index (χ0) is 20.3. The molecule has 0 bridgehead atoms. The first-order valence-corrected chi connectivity index (χ1v) is 9.38. The molecule has 146 valence electrons. The number of hydrogen-bond donors (Lipinski definition) is 2. The molecule has 9 heteroatoms. The second-order valence-corrected chi connectivity index (χ2v) is 7.33. The molecule has 0 saturated heterocycles. The van der Waals surface area contributed by atoms with Crippen LogP contribution in [0.3, 0.4) is 0 Å². The first kappa shape index (κ1) is 19.6. The van der Waals surface area contributed by atoms with Crippen molar-refractivity contribution in [2.45, 2.75) is 19.8 Å². The van der Waals surface area contributed by atoms with Crippen LogP contribution in [0.1, 0.15) is 17.7 Å². The van der Waals surface area contributed by atoms with Gasteiger partial charge in [-0.15, -0.1) is 17.9 Å². The predicted molar refractivity (Wildman–Crippen MR) is 106 cm³/mol. The first-order chi connectivity index (χ1) is 13.4. The lowest BCUT2D eigenvalue weighted by molar-refractivity contribution is -0.138. The topological polar surface area (TPSA) is 109 Å². The fourth-order valence-corrected chi connectivity index (χ4v) is 3.65. The summed E-state index contributed by atoms with van der Waals surface area (Å²) in [6.07, 6.45) is 1.30. The fraction of sp³-hybridized carbons (Fsp3) is 0.263. The van der Waals surface area contributed by atoms with E-state index in [2.05, 4.69) is 16.9 Å². The Hall–Kier alpha value is -3.20. The number of anilines is 2. The summed E-state index contributed by atoms with van der Waals surface area (Å²) in [6.45, 7) is 5.93. The smallest absolute Gasteiger partial charge is 0.303 e. The third-order valence-electron chi connectivity index (χ3n) is 4.10. The number of carboxylic acids is 1. The van der Waals surface area contributed by atoms with Crippen LogP contribution in [-0.4, -0.2) is 41.0 Å². The number of amides is 2. The Kier molecular flexibility index (Phi) is 5.74. The van der Waals surface area contributed by atoms with Gasteiger partial charge in [0.15, 0.2) is 11.7 Å². The molecule has 2 amide bonds. The van der Waals surface area contributed by atoms with Gasteiger partial charge < -0.3 is 20.1 Å². The van der Waals surface area contributed by atoms with E-state index in [-0.39, 0.29) is 25.4 Å². The molecule has 0 radical (unpaired) electrons. The zero-order valence-electron chi connectivity index (χ0n) is 15.2. The molecule has 0 saturated carbocycles. The third kappa shape index (κ3) is 4.20. The molecular formula is C19H19N3O5S. The monoisotopic (exact) mass is 401 g/mol. The molecule has 0 atom stereocenters. The highest BCUT2D eigenvalue weighted by atomic mass is 32.1. The minimum atomic E-state index is -1.03. The fourth-order valence-electron chi connectivity index (χ4n) is 2.80. The van der Waals surface area contributed by atoms with Crippen LogP contribution < -0.4 is 15.0 Å². The van der Waals surface area contributed by atoms with Gasteiger partial charge in [-0.05, 0) is 25.1 Å². The van der Waals surface area contributed by atoms with Crippen LogP contribution in [0.5, 0.6) is 5.75 Å². The van der Waals surface area contributed by atoms with Gasteiger partial charge in [-0.25, -0.2) is 4.98 Å². The second-order valence-electron chi connectivity index (χ2n) is 6.13. The van der Waals surface area contributed by atoms with E-state index in [4.69, 9.17) is 9.84 Å². The summed E-state index contributed by atoms with van der Waals surface area (Å²) in [6, 6.07) is 5.46. The number of rotatable bonds is 7. The van der Waals surface area contributed by atoms with Gasteiger partial charge >= 0.3 is 5.97 Å². The third-order valence-corrected chi connectivity index (χ3v) is 4.98. The number of ether oxygens (including phenoxy) is 1. The highest BCUT2D eigenvalue weighted by Gasteiger charge is 2.25. The Balaban J connectivity index is 1.85. The van der Waals surface area contributed by atoms with Crippen LogP contribution >= 0.6 is 11.3 Å².